The van der Waals surface area contributed by atoms with Crippen molar-refractivity contribution >= 4 is 24.2 Å². The summed E-state index contributed by atoms with van der Waals surface area (Å²) in [5, 5.41) is 5.05. The van der Waals surface area contributed by atoms with Crippen LogP contribution in [0.3, 0.4) is 0 Å². The molecule has 1 aromatic heterocycles. The molecule has 6 heteroatoms. The molecule has 0 amide bonds. The van der Waals surface area contributed by atoms with Crippen LogP contribution in [0.1, 0.15) is 30.0 Å². The van der Waals surface area contributed by atoms with Gasteiger partial charge >= 0.3 is 0 Å². The third-order valence-electron chi connectivity index (χ3n) is 2.89. The SMILES string of the molecule is F[C@H]1C[C@@H](c2cccc(Cl)c2)n2nc(S)nc21. The summed E-state index contributed by atoms with van der Waals surface area (Å²) in [6, 6.07) is 7.24. The van der Waals surface area contributed by atoms with Crippen LogP contribution in [0.15, 0.2) is 29.4 Å². The average Bonchev–Trinajstić information content (AvgIpc) is 2.79. The van der Waals surface area contributed by atoms with E-state index in [1.54, 1.807) is 10.7 Å². The van der Waals surface area contributed by atoms with Crippen LogP contribution in [-0.4, -0.2) is 14.8 Å². The summed E-state index contributed by atoms with van der Waals surface area (Å²) in [7, 11) is 0. The van der Waals surface area contributed by atoms with Gasteiger partial charge in [0.2, 0.25) is 5.16 Å². The van der Waals surface area contributed by atoms with Crippen molar-refractivity contribution in [1.29, 1.82) is 0 Å². The fraction of sp³-hybridized carbons (Fsp3) is 0.273. The monoisotopic (exact) mass is 269 g/mol. The van der Waals surface area contributed by atoms with Gasteiger partial charge in [0.05, 0.1) is 6.04 Å². The molecule has 2 heterocycles. The highest BCUT2D eigenvalue weighted by Gasteiger charge is 2.34. The lowest BCUT2D eigenvalue weighted by Gasteiger charge is -2.11. The molecule has 0 bridgehead atoms. The minimum absolute atomic E-state index is 0.146. The second-order valence-electron chi connectivity index (χ2n) is 3.99. The van der Waals surface area contributed by atoms with Gasteiger partial charge in [-0.2, -0.15) is 0 Å². The van der Waals surface area contributed by atoms with E-state index in [9.17, 15) is 4.39 Å². The van der Waals surface area contributed by atoms with Gasteiger partial charge in [0.15, 0.2) is 12.0 Å². The van der Waals surface area contributed by atoms with E-state index in [4.69, 9.17) is 11.6 Å². The Morgan fingerprint density at radius 1 is 1.47 bits per heavy atom. The standard InChI is InChI=1S/C11H9ClFN3S/c12-7-3-1-2-6(4-7)9-5-8(13)10-14-11(17)15-16(9)10/h1-4,8-9H,5H2,(H,15,17)/t8-,9-/m0/s1. The van der Waals surface area contributed by atoms with E-state index >= 15 is 0 Å². The number of rotatable bonds is 1. The quantitative estimate of drug-likeness (QED) is 0.806. The van der Waals surface area contributed by atoms with Crippen molar-refractivity contribution in [3.05, 3.63) is 40.7 Å². The second kappa shape index (κ2) is 3.99. The summed E-state index contributed by atoms with van der Waals surface area (Å²) in [5.74, 6) is 0.347. The molecule has 1 aromatic carbocycles. The maximum absolute atomic E-state index is 13.8. The number of fused-ring (bicyclic) bond motifs is 1. The summed E-state index contributed by atoms with van der Waals surface area (Å²) < 4.78 is 15.4. The smallest absolute Gasteiger partial charge is 0.205 e. The van der Waals surface area contributed by atoms with Crippen molar-refractivity contribution < 1.29 is 4.39 Å². The van der Waals surface area contributed by atoms with Crippen LogP contribution >= 0.6 is 24.2 Å². The maximum Gasteiger partial charge on any atom is 0.205 e. The number of halogens is 2. The number of thiol groups is 1. The van der Waals surface area contributed by atoms with Crippen molar-refractivity contribution in [2.75, 3.05) is 0 Å². The van der Waals surface area contributed by atoms with Crippen LogP contribution in [-0.2, 0) is 0 Å². The molecule has 88 valence electrons. The molecule has 0 saturated heterocycles. The molecule has 0 spiro atoms. The van der Waals surface area contributed by atoms with Crippen molar-refractivity contribution in [3.63, 3.8) is 0 Å². The predicted octanol–water partition coefficient (Wildman–Crippen LogP) is 3.22. The summed E-state index contributed by atoms with van der Waals surface area (Å²) in [6.45, 7) is 0. The van der Waals surface area contributed by atoms with E-state index in [-0.39, 0.29) is 6.04 Å². The topological polar surface area (TPSA) is 30.7 Å². The Labute approximate surface area is 108 Å². The van der Waals surface area contributed by atoms with Gasteiger partial charge in [0.25, 0.3) is 0 Å². The predicted molar refractivity (Wildman–Crippen MR) is 65.3 cm³/mol. The Bertz CT molecular complexity index is 572. The first-order valence-electron chi connectivity index (χ1n) is 5.20. The number of hydrogen-bond acceptors (Lipinski definition) is 3. The zero-order valence-electron chi connectivity index (χ0n) is 8.72. The first kappa shape index (κ1) is 11.0. The molecule has 0 aliphatic carbocycles. The van der Waals surface area contributed by atoms with Gasteiger partial charge in [-0.15, -0.1) is 17.7 Å². The Hall–Kier alpha value is -1.07. The Kier molecular flexibility index (Phi) is 2.60. The van der Waals surface area contributed by atoms with E-state index in [1.165, 1.54) is 0 Å². The number of aromatic nitrogens is 3. The van der Waals surface area contributed by atoms with E-state index in [0.29, 0.717) is 22.4 Å². The lowest BCUT2D eigenvalue weighted by atomic mass is 10.0. The van der Waals surface area contributed by atoms with E-state index < -0.39 is 6.17 Å². The molecule has 17 heavy (non-hydrogen) atoms. The molecule has 3 rings (SSSR count). The van der Waals surface area contributed by atoms with E-state index in [2.05, 4.69) is 22.7 Å². The molecule has 0 saturated carbocycles. The van der Waals surface area contributed by atoms with E-state index in [1.807, 2.05) is 18.2 Å². The Morgan fingerprint density at radius 3 is 3.06 bits per heavy atom. The number of benzene rings is 1. The molecular weight excluding hydrogens is 261 g/mol. The number of hydrogen-bond donors (Lipinski definition) is 1. The van der Waals surface area contributed by atoms with E-state index in [0.717, 1.165) is 5.56 Å². The summed E-state index contributed by atoms with van der Waals surface area (Å²) in [4.78, 5) is 3.98. The molecule has 0 radical (unpaired) electrons. The molecule has 1 aliphatic rings. The first-order chi connectivity index (χ1) is 8.15. The van der Waals surface area contributed by atoms with Crippen molar-refractivity contribution in [3.8, 4) is 0 Å². The zero-order chi connectivity index (χ0) is 12.0. The second-order valence-corrected chi connectivity index (χ2v) is 4.83. The van der Waals surface area contributed by atoms with Crippen LogP contribution in [0.5, 0.6) is 0 Å². The van der Waals surface area contributed by atoms with Gasteiger partial charge in [-0.1, -0.05) is 23.7 Å². The van der Waals surface area contributed by atoms with Crippen LogP contribution in [0.2, 0.25) is 5.02 Å². The first-order valence-corrected chi connectivity index (χ1v) is 6.02. The summed E-state index contributed by atoms with van der Waals surface area (Å²) >= 11 is 9.98. The molecule has 0 unspecified atom stereocenters. The number of nitrogens with zero attached hydrogens (tertiary/aromatic N) is 3. The third-order valence-corrected chi connectivity index (χ3v) is 3.31. The van der Waals surface area contributed by atoms with Crippen LogP contribution in [0.25, 0.3) is 0 Å². The average molecular weight is 270 g/mol. The summed E-state index contributed by atoms with van der Waals surface area (Å²) in [6.07, 6.45) is -0.739. The minimum atomic E-state index is -1.09. The molecule has 0 N–H and O–H groups in total. The van der Waals surface area contributed by atoms with Crippen molar-refractivity contribution in [1.82, 2.24) is 14.8 Å². The third kappa shape index (κ3) is 1.83. The highest BCUT2D eigenvalue weighted by atomic mass is 35.5. The Morgan fingerprint density at radius 2 is 2.29 bits per heavy atom. The molecule has 2 atom stereocenters. The van der Waals surface area contributed by atoms with Crippen LogP contribution in [0.4, 0.5) is 4.39 Å². The van der Waals surface area contributed by atoms with Crippen LogP contribution in [0, 0.1) is 0 Å². The maximum atomic E-state index is 13.8. The Balaban J connectivity index is 2.06. The van der Waals surface area contributed by atoms with Gasteiger partial charge in [-0.05, 0) is 17.7 Å². The fourth-order valence-corrected chi connectivity index (χ4v) is 2.56. The van der Waals surface area contributed by atoms with Crippen molar-refractivity contribution in [2.24, 2.45) is 0 Å². The van der Waals surface area contributed by atoms with Gasteiger partial charge < -0.3 is 0 Å². The minimum Gasteiger partial charge on any atom is -0.239 e. The molecular formula is C11H9ClFN3S. The fourth-order valence-electron chi connectivity index (χ4n) is 2.16. The van der Waals surface area contributed by atoms with Gasteiger partial charge in [-0.25, -0.2) is 14.1 Å². The molecule has 2 aromatic rings. The molecule has 0 fully saturated rings. The van der Waals surface area contributed by atoms with Crippen LogP contribution < -0.4 is 0 Å². The molecule has 3 nitrogen and oxygen atoms in total. The lowest BCUT2D eigenvalue weighted by molar-refractivity contribution is 0.327. The van der Waals surface area contributed by atoms with Gasteiger partial charge in [0, 0.05) is 11.4 Å². The number of alkyl halides is 1. The summed E-state index contributed by atoms with van der Waals surface area (Å²) in [5.41, 5.74) is 0.942. The normalized spacial score (nSPS) is 22.8. The zero-order valence-corrected chi connectivity index (χ0v) is 10.4. The highest BCUT2D eigenvalue weighted by Crippen LogP contribution is 2.39. The van der Waals surface area contributed by atoms with Gasteiger partial charge in [0.1, 0.15) is 0 Å². The largest absolute Gasteiger partial charge is 0.239 e. The lowest BCUT2D eigenvalue weighted by Crippen LogP contribution is -2.07. The van der Waals surface area contributed by atoms with Crippen molar-refractivity contribution in [2.45, 2.75) is 23.8 Å². The highest BCUT2D eigenvalue weighted by molar-refractivity contribution is 7.80. The van der Waals surface area contributed by atoms with Gasteiger partial charge in [-0.3, -0.25) is 0 Å². The molecule has 1 aliphatic heterocycles.